The summed E-state index contributed by atoms with van der Waals surface area (Å²) < 4.78 is 33.0. The summed E-state index contributed by atoms with van der Waals surface area (Å²) in [5, 5.41) is 5.43. The molecule has 0 saturated carbocycles. The van der Waals surface area contributed by atoms with Gasteiger partial charge in [0, 0.05) is 24.0 Å². The number of thioether (sulfide) groups is 1. The molecule has 0 aliphatic carbocycles. The molecular weight excluding hydrogens is 322 g/mol. The molecule has 0 bridgehead atoms. The second-order valence-corrected chi connectivity index (χ2v) is 7.16. The van der Waals surface area contributed by atoms with Crippen LogP contribution in [0.2, 0.25) is 0 Å². The van der Waals surface area contributed by atoms with Crippen molar-refractivity contribution in [1.82, 2.24) is 10.6 Å². The highest BCUT2D eigenvalue weighted by molar-refractivity contribution is 7.99. The Kier molecular flexibility index (Phi) is 5.06. The number of urea groups is 1. The Bertz CT molecular complexity index is 559. The summed E-state index contributed by atoms with van der Waals surface area (Å²) in [7, 11) is 0. The molecule has 2 N–H and O–H groups in total. The van der Waals surface area contributed by atoms with Gasteiger partial charge in [-0.2, -0.15) is 11.8 Å². The van der Waals surface area contributed by atoms with Crippen LogP contribution in [0.15, 0.2) is 18.2 Å². The molecule has 1 spiro atoms. The minimum absolute atomic E-state index is 0.0351. The summed E-state index contributed by atoms with van der Waals surface area (Å²) in [5.74, 6) is 0.746. The van der Waals surface area contributed by atoms with Crippen LogP contribution >= 0.6 is 11.8 Å². The molecule has 23 heavy (non-hydrogen) atoms. The third kappa shape index (κ3) is 3.95. The number of benzene rings is 1. The molecule has 2 atom stereocenters. The number of ether oxygens (including phenoxy) is 1. The third-order valence-corrected chi connectivity index (χ3v) is 5.61. The molecule has 1 aromatic carbocycles. The lowest BCUT2D eigenvalue weighted by atomic mass is 9.90. The average molecular weight is 342 g/mol. The van der Waals surface area contributed by atoms with E-state index in [1.807, 2.05) is 11.8 Å². The molecule has 1 aromatic rings. The highest BCUT2D eigenvalue weighted by Crippen LogP contribution is 2.38. The lowest BCUT2D eigenvalue weighted by Crippen LogP contribution is -2.50. The number of rotatable bonds is 3. The van der Waals surface area contributed by atoms with Gasteiger partial charge in [-0.25, -0.2) is 13.6 Å². The molecular formula is C16H20F2N2O2S. The first-order valence-corrected chi connectivity index (χ1v) is 8.92. The molecule has 2 aliphatic rings. The molecule has 2 heterocycles. The lowest BCUT2D eigenvalue weighted by Gasteiger charge is -2.37. The Morgan fingerprint density at radius 3 is 2.87 bits per heavy atom. The van der Waals surface area contributed by atoms with Crippen molar-refractivity contribution in [1.29, 1.82) is 0 Å². The Morgan fingerprint density at radius 2 is 2.17 bits per heavy atom. The predicted molar refractivity (Wildman–Crippen MR) is 85.4 cm³/mol. The van der Waals surface area contributed by atoms with E-state index in [-0.39, 0.29) is 23.8 Å². The van der Waals surface area contributed by atoms with Gasteiger partial charge in [0.15, 0.2) is 0 Å². The van der Waals surface area contributed by atoms with Crippen LogP contribution in [-0.4, -0.2) is 35.8 Å². The lowest BCUT2D eigenvalue weighted by molar-refractivity contribution is -0.0684. The van der Waals surface area contributed by atoms with Crippen LogP contribution in [0.3, 0.4) is 0 Å². The molecule has 2 saturated heterocycles. The first kappa shape index (κ1) is 16.5. The Balaban J connectivity index is 1.51. The number of halogens is 2. The van der Waals surface area contributed by atoms with Crippen LogP contribution in [0.5, 0.6) is 0 Å². The topological polar surface area (TPSA) is 50.4 Å². The van der Waals surface area contributed by atoms with E-state index in [1.165, 1.54) is 18.2 Å². The Morgan fingerprint density at radius 1 is 1.39 bits per heavy atom. The number of carbonyl (C=O) groups is 1. The fourth-order valence-corrected chi connectivity index (χ4v) is 4.50. The molecule has 0 radical (unpaired) electrons. The van der Waals surface area contributed by atoms with Crippen LogP contribution in [-0.2, 0) is 11.3 Å². The van der Waals surface area contributed by atoms with Crippen molar-refractivity contribution in [2.45, 2.75) is 37.5 Å². The fourth-order valence-electron chi connectivity index (χ4n) is 3.12. The molecule has 7 heteroatoms. The monoisotopic (exact) mass is 342 g/mol. The van der Waals surface area contributed by atoms with E-state index in [0.29, 0.717) is 6.61 Å². The Labute approximate surface area is 138 Å². The number of hydrogen-bond donors (Lipinski definition) is 2. The van der Waals surface area contributed by atoms with Crippen molar-refractivity contribution in [3.63, 3.8) is 0 Å². The zero-order valence-electron chi connectivity index (χ0n) is 12.7. The minimum Gasteiger partial charge on any atom is -0.374 e. The van der Waals surface area contributed by atoms with Gasteiger partial charge in [0.1, 0.15) is 11.6 Å². The second-order valence-electron chi connectivity index (χ2n) is 6.05. The maximum absolute atomic E-state index is 13.5. The highest BCUT2D eigenvalue weighted by atomic mass is 32.2. The van der Waals surface area contributed by atoms with Crippen LogP contribution in [0, 0.1) is 11.6 Å². The molecule has 2 amide bonds. The van der Waals surface area contributed by atoms with E-state index >= 15 is 0 Å². The number of nitrogens with one attached hydrogen (secondary N) is 2. The fraction of sp³-hybridized carbons (Fsp3) is 0.562. The highest BCUT2D eigenvalue weighted by Gasteiger charge is 2.40. The van der Waals surface area contributed by atoms with Crippen LogP contribution < -0.4 is 10.6 Å². The van der Waals surface area contributed by atoms with E-state index < -0.39 is 17.7 Å². The van der Waals surface area contributed by atoms with Gasteiger partial charge in [-0.15, -0.1) is 0 Å². The molecule has 126 valence electrons. The molecule has 2 fully saturated rings. The van der Waals surface area contributed by atoms with Gasteiger partial charge in [0.25, 0.3) is 0 Å². The van der Waals surface area contributed by atoms with Gasteiger partial charge in [-0.1, -0.05) is 6.07 Å². The second kappa shape index (κ2) is 7.05. The van der Waals surface area contributed by atoms with Gasteiger partial charge >= 0.3 is 6.03 Å². The van der Waals surface area contributed by atoms with Crippen LogP contribution in [0.1, 0.15) is 24.8 Å². The SMILES string of the molecule is O=C(NCc1c(F)cccc1F)N[C@H]1CCO[C@@]2(CCSC2)C1. The van der Waals surface area contributed by atoms with E-state index in [1.54, 1.807) is 0 Å². The summed E-state index contributed by atoms with van der Waals surface area (Å²) in [6.07, 6.45) is 2.56. The van der Waals surface area contributed by atoms with Crippen molar-refractivity contribution in [2.24, 2.45) is 0 Å². The van der Waals surface area contributed by atoms with E-state index in [4.69, 9.17) is 4.74 Å². The Hall–Kier alpha value is -1.34. The maximum atomic E-state index is 13.5. The maximum Gasteiger partial charge on any atom is 0.315 e. The number of carbonyl (C=O) groups excluding carboxylic acids is 1. The van der Waals surface area contributed by atoms with E-state index in [9.17, 15) is 13.6 Å². The molecule has 4 nitrogen and oxygen atoms in total. The smallest absolute Gasteiger partial charge is 0.315 e. The first-order valence-electron chi connectivity index (χ1n) is 7.77. The van der Waals surface area contributed by atoms with Gasteiger partial charge in [0.2, 0.25) is 0 Å². The quantitative estimate of drug-likeness (QED) is 0.888. The largest absolute Gasteiger partial charge is 0.374 e. The zero-order valence-corrected chi connectivity index (χ0v) is 13.6. The summed E-state index contributed by atoms with van der Waals surface area (Å²) in [6.45, 7) is 0.460. The van der Waals surface area contributed by atoms with Crippen LogP contribution in [0.25, 0.3) is 0 Å². The summed E-state index contributed by atoms with van der Waals surface area (Å²) in [5.41, 5.74) is -0.239. The average Bonchev–Trinajstić information content (AvgIpc) is 2.94. The normalized spacial score (nSPS) is 27.1. The van der Waals surface area contributed by atoms with Gasteiger partial charge in [-0.05, 0) is 37.1 Å². The predicted octanol–water partition coefficient (Wildman–Crippen LogP) is 2.82. The van der Waals surface area contributed by atoms with Crippen molar-refractivity contribution < 1.29 is 18.3 Å². The molecule has 3 rings (SSSR count). The van der Waals surface area contributed by atoms with Crippen molar-refractivity contribution in [3.05, 3.63) is 35.4 Å². The van der Waals surface area contributed by atoms with Gasteiger partial charge < -0.3 is 15.4 Å². The van der Waals surface area contributed by atoms with E-state index in [2.05, 4.69) is 10.6 Å². The van der Waals surface area contributed by atoms with Crippen molar-refractivity contribution in [3.8, 4) is 0 Å². The number of amides is 2. The molecule has 2 aliphatic heterocycles. The third-order valence-electron chi connectivity index (χ3n) is 4.38. The van der Waals surface area contributed by atoms with Crippen molar-refractivity contribution in [2.75, 3.05) is 18.1 Å². The van der Waals surface area contributed by atoms with Gasteiger partial charge in [-0.3, -0.25) is 0 Å². The standard InChI is InChI=1S/C16H20F2N2O2S/c17-13-2-1-3-14(18)12(13)9-19-15(21)20-11-4-6-22-16(8-11)5-7-23-10-16/h1-3,11H,4-10H2,(H2,19,20,21)/t11-,16-/m0/s1. The number of hydrogen-bond acceptors (Lipinski definition) is 3. The van der Waals surface area contributed by atoms with E-state index in [0.717, 1.165) is 30.8 Å². The minimum atomic E-state index is -0.654. The summed E-state index contributed by atoms with van der Waals surface area (Å²) in [6, 6.07) is 3.29. The zero-order chi connectivity index (χ0) is 16.3. The van der Waals surface area contributed by atoms with Crippen molar-refractivity contribution >= 4 is 17.8 Å². The summed E-state index contributed by atoms with van der Waals surface area (Å²) in [4.78, 5) is 12.0. The molecule has 0 aromatic heterocycles. The first-order chi connectivity index (χ1) is 11.1. The molecule has 0 unspecified atom stereocenters. The van der Waals surface area contributed by atoms with Gasteiger partial charge in [0.05, 0.1) is 12.1 Å². The van der Waals surface area contributed by atoms with Crippen LogP contribution in [0.4, 0.5) is 13.6 Å². The summed E-state index contributed by atoms with van der Waals surface area (Å²) >= 11 is 1.87.